The van der Waals surface area contributed by atoms with Gasteiger partial charge in [0.05, 0.1) is 29.1 Å². The van der Waals surface area contributed by atoms with Gasteiger partial charge in [-0.15, -0.1) is 5.10 Å². The van der Waals surface area contributed by atoms with Gasteiger partial charge < -0.3 is 4.42 Å². The van der Waals surface area contributed by atoms with Crippen molar-refractivity contribution in [1.82, 2.24) is 14.7 Å². The molecule has 7 nitrogen and oxygen atoms in total. The lowest BCUT2D eigenvalue weighted by molar-refractivity contribution is -0.122. The minimum Gasteiger partial charge on any atom is -0.467 e. The molecular formula is C34H32ClN5O2S. The van der Waals surface area contributed by atoms with E-state index in [9.17, 15) is 4.79 Å². The fourth-order valence-corrected chi connectivity index (χ4v) is 7.69. The third kappa shape index (κ3) is 4.86. The molecule has 218 valence electrons. The molecule has 2 unspecified atom stereocenters. The van der Waals surface area contributed by atoms with Crippen molar-refractivity contribution in [2.45, 2.75) is 46.6 Å². The van der Waals surface area contributed by atoms with E-state index in [1.807, 2.05) is 83.7 Å². The van der Waals surface area contributed by atoms with E-state index in [1.165, 1.54) is 18.2 Å². The minimum atomic E-state index is -0.144. The number of carbonyl (C=O) groups excluding carboxylic acids is 1. The first kappa shape index (κ1) is 27.9. The Morgan fingerprint density at radius 1 is 1.07 bits per heavy atom. The van der Waals surface area contributed by atoms with E-state index in [0.29, 0.717) is 26.8 Å². The number of aromatic nitrogens is 2. The zero-order valence-electron chi connectivity index (χ0n) is 24.3. The number of carbonyl (C=O) groups is 1. The van der Waals surface area contributed by atoms with Gasteiger partial charge in [0.25, 0.3) is 5.91 Å². The van der Waals surface area contributed by atoms with Crippen LogP contribution in [0.4, 0.5) is 0 Å². The van der Waals surface area contributed by atoms with Crippen molar-refractivity contribution in [1.29, 1.82) is 0 Å². The smallest absolute Gasteiger partial charge is 0.267 e. The van der Waals surface area contributed by atoms with Gasteiger partial charge in [-0.3, -0.25) is 9.69 Å². The van der Waals surface area contributed by atoms with Gasteiger partial charge in [-0.05, 0) is 84.8 Å². The van der Waals surface area contributed by atoms with Gasteiger partial charge in [0.1, 0.15) is 5.76 Å². The van der Waals surface area contributed by atoms with E-state index in [1.54, 1.807) is 11.2 Å². The maximum Gasteiger partial charge on any atom is 0.267 e. The summed E-state index contributed by atoms with van der Waals surface area (Å²) in [5.41, 5.74) is 4.75. The Morgan fingerprint density at radius 2 is 1.86 bits per heavy atom. The molecule has 3 heterocycles. The number of nitrogens with zero attached hydrogens (tertiary/aromatic N) is 5. The largest absolute Gasteiger partial charge is 0.467 e. The molecule has 2 bridgehead atoms. The van der Waals surface area contributed by atoms with E-state index in [-0.39, 0.29) is 23.3 Å². The summed E-state index contributed by atoms with van der Waals surface area (Å²) in [6.45, 7) is 7.30. The number of thioether (sulfide) groups is 1. The molecule has 2 aromatic heterocycles. The lowest BCUT2D eigenvalue weighted by atomic mass is 9.70. The molecule has 2 aromatic carbocycles. The third-order valence-electron chi connectivity index (χ3n) is 9.72. The predicted octanol–water partition coefficient (Wildman–Crippen LogP) is 8.46. The van der Waals surface area contributed by atoms with E-state index < -0.39 is 0 Å². The first-order valence-corrected chi connectivity index (χ1v) is 15.7. The van der Waals surface area contributed by atoms with Gasteiger partial charge in [0.15, 0.2) is 5.17 Å². The van der Waals surface area contributed by atoms with Gasteiger partial charge in [0.2, 0.25) is 0 Å². The quantitative estimate of drug-likeness (QED) is 0.162. The second-order valence-electron chi connectivity index (χ2n) is 12.2. The summed E-state index contributed by atoms with van der Waals surface area (Å²) in [6, 6.07) is 21.2. The van der Waals surface area contributed by atoms with Gasteiger partial charge in [0, 0.05) is 33.5 Å². The number of amidine groups is 1. The minimum absolute atomic E-state index is 0.0268. The molecule has 2 saturated carbocycles. The van der Waals surface area contributed by atoms with Crippen LogP contribution in [0, 0.1) is 16.7 Å². The van der Waals surface area contributed by atoms with Gasteiger partial charge in [-0.2, -0.15) is 10.2 Å². The van der Waals surface area contributed by atoms with E-state index in [2.05, 4.69) is 20.8 Å². The standard InChI is InChI=1S/C34H32ClN5O2S/c1-33(2)24-15-16-34(33,3)29(19-24)36-37-32-39(21-27-10-7-17-42-27)31(41)28(43-32)18-23-20-40(26-8-5-4-6-9-26)38-30(23)22-11-13-25(35)14-12-22/h4-14,17-18,20,24H,15-16,19,21H2,1-3H3. The van der Waals surface area contributed by atoms with Crippen LogP contribution >= 0.6 is 23.4 Å². The highest BCUT2D eigenvalue weighted by molar-refractivity contribution is 8.18. The van der Waals surface area contributed by atoms with Crippen molar-refractivity contribution in [3.63, 3.8) is 0 Å². The number of halogens is 1. The van der Waals surface area contributed by atoms with Crippen LogP contribution in [0.15, 0.2) is 98.7 Å². The highest BCUT2D eigenvalue weighted by Crippen LogP contribution is 2.64. The molecule has 4 aromatic rings. The fourth-order valence-electron chi connectivity index (χ4n) is 6.64. The fraction of sp³-hybridized carbons (Fsp3) is 0.294. The van der Waals surface area contributed by atoms with Crippen LogP contribution in [0.1, 0.15) is 51.4 Å². The first-order chi connectivity index (χ1) is 20.7. The van der Waals surface area contributed by atoms with Crippen LogP contribution in [0.3, 0.4) is 0 Å². The predicted molar refractivity (Wildman–Crippen MR) is 173 cm³/mol. The Kier molecular flexibility index (Phi) is 6.94. The van der Waals surface area contributed by atoms with Crippen molar-refractivity contribution in [3.05, 3.63) is 100 Å². The second-order valence-corrected chi connectivity index (χ2v) is 13.7. The molecule has 43 heavy (non-hydrogen) atoms. The zero-order valence-corrected chi connectivity index (χ0v) is 25.9. The normalized spacial score (nSPS) is 25.6. The molecule has 1 amide bonds. The highest BCUT2D eigenvalue weighted by Gasteiger charge is 2.60. The monoisotopic (exact) mass is 609 g/mol. The van der Waals surface area contributed by atoms with E-state index in [4.69, 9.17) is 31.3 Å². The molecule has 2 atom stereocenters. The number of para-hydroxylation sites is 1. The first-order valence-electron chi connectivity index (χ1n) is 14.5. The topological polar surface area (TPSA) is 76.0 Å². The Labute approximate surface area is 260 Å². The number of hydrogen-bond donors (Lipinski definition) is 0. The molecular weight excluding hydrogens is 578 g/mol. The maximum atomic E-state index is 13.9. The summed E-state index contributed by atoms with van der Waals surface area (Å²) in [6.07, 6.45) is 8.78. The molecule has 2 aliphatic carbocycles. The van der Waals surface area contributed by atoms with Crippen molar-refractivity contribution < 1.29 is 9.21 Å². The molecule has 1 aliphatic heterocycles. The van der Waals surface area contributed by atoms with Crippen molar-refractivity contribution in [2.24, 2.45) is 27.0 Å². The van der Waals surface area contributed by atoms with Crippen LogP contribution in [-0.4, -0.2) is 31.5 Å². The lowest BCUT2D eigenvalue weighted by Gasteiger charge is -2.34. The molecule has 0 N–H and O–H groups in total. The lowest BCUT2D eigenvalue weighted by Crippen LogP contribution is -2.32. The number of benzene rings is 2. The third-order valence-corrected chi connectivity index (χ3v) is 11.0. The van der Waals surface area contributed by atoms with Crippen LogP contribution < -0.4 is 0 Å². The zero-order chi connectivity index (χ0) is 29.8. The molecule has 0 radical (unpaired) electrons. The Bertz CT molecular complexity index is 1770. The average Bonchev–Trinajstić information content (AvgIpc) is 3.80. The molecule has 7 rings (SSSR count). The SMILES string of the molecule is CC12CCC(CC1=NN=C1SC(=Cc3cn(-c4ccccc4)nc3-c3ccc(Cl)cc3)C(=O)N1Cc1ccco1)C2(C)C. The van der Waals surface area contributed by atoms with E-state index in [0.717, 1.165) is 41.1 Å². The molecule has 3 fully saturated rings. The Morgan fingerprint density at radius 3 is 2.53 bits per heavy atom. The van der Waals surface area contributed by atoms with Crippen molar-refractivity contribution >= 4 is 46.2 Å². The summed E-state index contributed by atoms with van der Waals surface area (Å²) in [4.78, 5) is 16.1. The summed E-state index contributed by atoms with van der Waals surface area (Å²) >= 11 is 7.52. The number of amides is 1. The van der Waals surface area contributed by atoms with Crippen LogP contribution in [0.5, 0.6) is 0 Å². The molecule has 0 spiro atoms. The average molecular weight is 610 g/mol. The van der Waals surface area contributed by atoms with Crippen LogP contribution in [-0.2, 0) is 11.3 Å². The highest BCUT2D eigenvalue weighted by atomic mass is 35.5. The summed E-state index contributed by atoms with van der Waals surface area (Å²) in [5, 5.41) is 15.7. The number of rotatable bonds is 6. The second kappa shape index (κ2) is 10.7. The van der Waals surface area contributed by atoms with Crippen LogP contribution in [0.25, 0.3) is 23.0 Å². The Balaban J connectivity index is 1.28. The molecule has 3 aliphatic rings. The number of fused-ring (bicyclic) bond motifs is 2. The number of furan rings is 1. The van der Waals surface area contributed by atoms with Gasteiger partial charge in [-0.25, -0.2) is 4.68 Å². The Hall–Kier alpha value is -3.88. The van der Waals surface area contributed by atoms with Gasteiger partial charge in [-0.1, -0.05) is 62.7 Å². The van der Waals surface area contributed by atoms with Crippen molar-refractivity contribution in [2.75, 3.05) is 0 Å². The summed E-state index contributed by atoms with van der Waals surface area (Å²) in [5.74, 6) is 1.16. The number of hydrogen-bond acceptors (Lipinski definition) is 6. The van der Waals surface area contributed by atoms with Gasteiger partial charge >= 0.3 is 0 Å². The molecule has 1 saturated heterocycles. The van der Waals surface area contributed by atoms with Crippen LogP contribution in [0.2, 0.25) is 5.02 Å². The van der Waals surface area contributed by atoms with E-state index >= 15 is 0 Å². The maximum absolute atomic E-state index is 13.9. The molecule has 9 heteroatoms. The van der Waals surface area contributed by atoms with Crippen molar-refractivity contribution in [3.8, 4) is 16.9 Å². The summed E-state index contributed by atoms with van der Waals surface area (Å²) < 4.78 is 7.44. The summed E-state index contributed by atoms with van der Waals surface area (Å²) in [7, 11) is 0.